The van der Waals surface area contributed by atoms with E-state index in [4.69, 9.17) is 4.74 Å². The number of anilines is 1. The van der Waals surface area contributed by atoms with Gasteiger partial charge in [0.15, 0.2) is 0 Å². The van der Waals surface area contributed by atoms with E-state index in [1.54, 1.807) is 0 Å². The number of amides is 1. The highest BCUT2D eigenvalue weighted by atomic mass is 16.5. The van der Waals surface area contributed by atoms with Gasteiger partial charge in [0, 0.05) is 30.9 Å². The van der Waals surface area contributed by atoms with Crippen LogP contribution < -0.4 is 9.64 Å². The van der Waals surface area contributed by atoms with Crippen molar-refractivity contribution in [3.63, 3.8) is 0 Å². The molecule has 0 aliphatic carbocycles. The maximum Gasteiger partial charge on any atom is 0.225 e. The molecule has 4 heteroatoms. The Hall–Kier alpha value is -1.97. The molecule has 1 amide bonds. The van der Waals surface area contributed by atoms with Gasteiger partial charge in [-0.2, -0.15) is 0 Å². The third kappa shape index (κ3) is 3.92. The average molecular weight is 328 g/mol. The molecule has 0 saturated carbocycles. The lowest BCUT2D eigenvalue weighted by Crippen LogP contribution is -2.46. The van der Waals surface area contributed by atoms with Crippen LogP contribution in [0, 0.1) is 5.92 Å². The van der Waals surface area contributed by atoms with Crippen molar-refractivity contribution in [3.05, 3.63) is 36.5 Å². The van der Waals surface area contributed by atoms with Crippen molar-refractivity contribution in [1.82, 2.24) is 4.90 Å². The SMILES string of the molecule is CCC(C)C(=O)N1CCCC(Oc2ccc(N3C=CCC3)cc2)C1. The number of carbonyl (C=O) groups excluding carboxylic acids is 1. The smallest absolute Gasteiger partial charge is 0.225 e. The first-order chi connectivity index (χ1) is 11.7. The number of ether oxygens (including phenoxy) is 1. The molecule has 2 aliphatic rings. The monoisotopic (exact) mass is 328 g/mol. The predicted molar refractivity (Wildman–Crippen MR) is 97.2 cm³/mol. The van der Waals surface area contributed by atoms with Crippen LogP contribution in [0.3, 0.4) is 0 Å². The summed E-state index contributed by atoms with van der Waals surface area (Å²) in [6.07, 6.45) is 8.47. The molecule has 0 spiro atoms. The van der Waals surface area contributed by atoms with Crippen LogP contribution in [0.2, 0.25) is 0 Å². The fourth-order valence-electron chi connectivity index (χ4n) is 3.33. The van der Waals surface area contributed by atoms with Gasteiger partial charge in [0.25, 0.3) is 0 Å². The van der Waals surface area contributed by atoms with Crippen LogP contribution >= 0.6 is 0 Å². The minimum absolute atomic E-state index is 0.101. The summed E-state index contributed by atoms with van der Waals surface area (Å²) in [7, 11) is 0. The Bertz CT molecular complexity index is 582. The molecular formula is C20H28N2O2. The van der Waals surface area contributed by atoms with Crippen molar-refractivity contribution < 1.29 is 9.53 Å². The molecule has 1 saturated heterocycles. The molecule has 1 aromatic carbocycles. The van der Waals surface area contributed by atoms with E-state index in [0.29, 0.717) is 6.54 Å². The fraction of sp³-hybridized carbons (Fsp3) is 0.550. The van der Waals surface area contributed by atoms with Gasteiger partial charge in [0.05, 0.1) is 6.54 Å². The van der Waals surface area contributed by atoms with Crippen molar-refractivity contribution in [1.29, 1.82) is 0 Å². The zero-order valence-electron chi connectivity index (χ0n) is 14.8. The zero-order chi connectivity index (χ0) is 16.9. The van der Waals surface area contributed by atoms with Gasteiger partial charge in [-0.1, -0.05) is 19.9 Å². The lowest BCUT2D eigenvalue weighted by molar-refractivity contribution is -0.137. The summed E-state index contributed by atoms with van der Waals surface area (Å²) in [6.45, 7) is 6.70. The third-order valence-corrected chi connectivity index (χ3v) is 5.02. The van der Waals surface area contributed by atoms with Crippen LogP contribution in [0.5, 0.6) is 5.75 Å². The largest absolute Gasteiger partial charge is 0.489 e. The van der Waals surface area contributed by atoms with E-state index in [2.05, 4.69) is 36.2 Å². The molecule has 2 aliphatic heterocycles. The quantitative estimate of drug-likeness (QED) is 0.823. The molecule has 0 aromatic heterocycles. The molecule has 3 rings (SSSR count). The second kappa shape index (κ2) is 7.73. The highest BCUT2D eigenvalue weighted by Gasteiger charge is 2.27. The molecular weight excluding hydrogens is 300 g/mol. The first-order valence-electron chi connectivity index (χ1n) is 9.16. The van der Waals surface area contributed by atoms with Crippen molar-refractivity contribution in [2.75, 3.05) is 24.5 Å². The number of benzene rings is 1. The minimum Gasteiger partial charge on any atom is -0.489 e. The Balaban J connectivity index is 1.57. The molecule has 0 bridgehead atoms. The molecule has 2 unspecified atom stereocenters. The molecule has 24 heavy (non-hydrogen) atoms. The van der Waals surface area contributed by atoms with Gasteiger partial charge >= 0.3 is 0 Å². The van der Waals surface area contributed by atoms with E-state index in [1.807, 2.05) is 24.0 Å². The van der Waals surface area contributed by atoms with Gasteiger partial charge in [0.2, 0.25) is 5.91 Å². The van der Waals surface area contributed by atoms with E-state index in [0.717, 1.165) is 44.5 Å². The number of hydrogen-bond donors (Lipinski definition) is 0. The van der Waals surface area contributed by atoms with Gasteiger partial charge in [-0.05, 0) is 49.9 Å². The van der Waals surface area contributed by atoms with E-state index in [-0.39, 0.29) is 17.9 Å². The second-order valence-corrected chi connectivity index (χ2v) is 6.84. The van der Waals surface area contributed by atoms with Crippen LogP contribution in [0.15, 0.2) is 36.5 Å². The maximum atomic E-state index is 12.4. The van der Waals surface area contributed by atoms with Gasteiger partial charge in [0.1, 0.15) is 11.9 Å². The van der Waals surface area contributed by atoms with E-state index >= 15 is 0 Å². The first-order valence-corrected chi connectivity index (χ1v) is 9.16. The molecule has 0 N–H and O–H groups in total. The summed E-state index contributed by atoms with van der Waals surface area (Å²) in [5.41, 5.74) is 1.20. The van der Waals surface area contributed by atoms with E-state index < -0.39 is 0 Å². The van der Waals surface area contributed by atoms with Crippen LogP contribution in [0.25, 0.3) is 0 Å². The average Bonchev–Trinajstić information content (AvgIpc) is 3.16. The van der Waals surface area contributed by atoms with Gasteiger partial charge in [-0.3, -0.25) is 4.79 Å². The van der Waals surface area contributed by atoms with Crippen molar-refractivity contribution in [2.24, 2.45) is 5.92 Å². The van der Waals surface area contributed by atoms with Crippen molar-refractivity contribution in [3.8, 4) is 5.75 Å². The number of hydrogen-bond acceptors (Lipinski definition) is 3. The first kappa shape index (κ1) is 16.9. The highest BCUT2D eigenvalue weighted by Crippen LogP contribution is 2.25. The summed E-state index contributed by atoms with van der Waals surface area (Å²) >= 11 is 0. The van der Waals surface area contributed by atoms with Crippen molar-refractivity contribution >= 4 is 11.6 Å². The number of nitrogens with zero attached hydrogens (tertiary/aromatic N) is 2. The fourth-order valence-corrected chi connectivity index (χ4v) is 3.33. The Labute approximate surface area is 145 Å². The summed E-state index contributed by atoms with van der Waals surface area (Å²) in [5.74, 6) is 1.27. The number of piperidine rings is 1. The lowest BCUT2D eigenvalue weighted by Gasteiger charge is -2.34. The summed E-state index contributed by atoms with van der Waals surface area (Å²) in [6, 6.07) is 8.29. The van der Waals surface area contributed by atoms with E-state index in [9.17, 15) is 4.79 Å². The Morgan fingerprint density at radius 2 is 2.08 bits per heavy atom. The molecule has 2 atom stereocenters. The van der Waals surface area contributed by atoms with Crippen LogP contribution in [0.4, 0.5) is 5.69 Å². The number of carbonyl (C=O) groups is 1. The maximum absolute atomic E-state index is 12.4. The van der Waals surface area contributed by atoms with E-state index in [1.165, 1.54) is 5.69 Å². The van der Waals surface area contributed by atoms with Gasteiger partial charge in [-0.25, -0.2) is 0 Å². The number of rotatable bonds is 5. The third-order valence-electron chi connectivity index (χ3n) is 5.02. The highest BCUT2D eigenvalue weighted by molar-refractivity contribution is 5.78. The molecule has 1 aromatic rings. The summed E-state index contributed by atoms with van der Waals surface area (Å²) in [4.78, 5) is 16.6. The molecule has 0 radical (unpaired) electrons. The molecule has 4 nitrogen and oxygen atoms in total. The van der Waals surface area contributed by atoms with Crippen LogP contribution in [-0.4, -0.2) is 36.5 Å². The standard InChI is InChI=1S/C20H28N2O2/c1-3-16(2)20(23)22-14-6-7-19(15-22)24-18-10-8-17(9-11-18)21-12-4-5-13-21/h4,8-12,16,19H,3,5-7,13-15H2,1-2H3. The normalized spacial score (nSPS) is 21.8. The number of likely N-dealkylation sites (tertiary alicyclic amines) is 1. The van der Waals surface area contributed by atoms with Crippen LogP contribution in [0.1, 0.15) is 39.5 Å². The van der Waals surface area contributed by atoms with Gasteiger partial charge < -0.3 is 14.5 Å². The zero-order valence-corrected chi connectivity index (χ0v) is 14.8. The Morgan fingerprint density at radius 3 is 2.75 bits per heavy atom. The molecule has 130 valence electrons. The second-order valence-electron chi connectivity index (χ2n) is 6.84. The molecule has 2 heterocycles. The summed E-state index contributed by atoms with van der Waals surface area (Å²) < 4.78 is 6.14. The van der Waals surface area contributed by atoms with Crippen LogP contribution in [-0.2, 0) is 4.79 Å². The Morgan fingerprint density at radius 1 is 1.29 bits per heavy atom. The predicted octanol–water partition coefficient (Wildman–Crippen LogP) is 3.83. The lowest BCUT2D eigenvalue weighted by atomic mass is 10.0. The Kier molecular flexibility index (Phi) is 5.44. The van der Waals surface area contributed by atoms with Crippen molar-refractivity contribution in [2.45, 2.75) is 45.6 Å². The topological polar surface area (TPSA) is 32.8 Å². The minimum atomic E-state index is 0.101. The molecule has 1 fully saturated rings. The summed E-state index contributed by atoms with van der Waals surface area (Å²) in [5, 5.41) is 0. The van der Waals surface area contributed by atoms with Gasteiger partial charge in [-0.15, -0.1) is 0 Å².